The van der Waals surface area contributed by atoms with Crippen molar-refractivity contribution in [2.45, 2.75) is 46.1 Å². The van der Waals surface area contributed by atoms with Crippen LogP contribution in [0.15, 0.2) is 15.6 Å². The Morgan fingerprint density at radius 1 is 1.50 bits per heavy atom. The molecule has 2 rings (SSSR count). The summed E-state index contributed by atoms with van der Waals surface area (Å²) in [6, 6.07) is 1.97. The summed E-state index contributed by atoms with van der Waals surface area (Å²) in [5, 5.41) is 7.36. The molecule has 24 heavy (non-hydrogen) atoms. The van der Waals surface area contributed by atoms with Gasteiger partial charge in [0.1, 0.15) is 0 Å². The summed E-state index contributed by atoms with van der Waals surface area (Å²) in [4.78, 5) is 18.3. The van der Waals surface area contributed by atoms with Gasteiger partial charge in [0.2, 0.25) is 0 Å². The van der Waals surface area contributed by atoms with E-state index in [1.807, 2.05) is 13.0 Å². The van der Waals surface area contributed by atoms with Gasteiger partial charge in [-0.3, -0.25) is 9.79 Å². The van der Waals surface area contributed by atoms with E-state index in [1.54, 1.807) is 7.05 Å². The minimum absolute atomic E-state index is 0.00202. The van der Waals surface area contributed by atoms with Crippen molar-refractivity contribution in [3.8, 4) is 0 Å². The smallest absolute Gasteiger partial charge is 0.309 e. The molecular weight excluding hydrogens is 308 g/mol. The van der Waals surface area contributed by atoms with Crippen LogP contribution in [0, 0.1) is 5.92 Å². The van der Waals surface area contributed by atoms with Crippen molar-refractivity contribution >= 4 is 11.9 Å². The number of aliphatic imine (C=N–C) groups is 1. The van der Waals surface area contributed by atoms with Crippen molar-refractivity contribution in [1.29, 1.82) is 0 Å². The lowest BCUT2D eigenvalue weighted by Gasteiger charge is -2.33. The number of guanidine groups is 1. The van der Waals surface area contributed by atoms with E-state index >= 15 is 0 Å². The maximum absolute atomic E-state index is 11.8. The molecule has 0 unspecified atom stereocenters. The number of esters is 1. The molecule has 0 amide bonds. The minimum Gasteiger partial charge on any atom is -0.466 e. The minimum atomic E-state index is -0.0806. The van der Waals surface area contributed by atoms with Crippen LogP contribution in [-0.2, 0) is 16.1 Å². The first kappa shape index (κ1) is 18.3. The van der Waals surface area contributed by atoms with Gasteiger partial charge >= 0.3 is 5.97 Å². The standard InChI is InChI=1S/C17H28N4O3/c1-5-23-16(22)13-6-8-21(9-7-13)17(18-4)19-11-14-10-15(12(2)3)20-24-14/h10,12-13H,5-9,11H2,1-4H3,(H,18,19). The molecule has 0 aliphatic carbocycles. The van der Waals surface area contributed by atoms with Gasteiger partial charge in [-0.05, 0) is 25.7 Å². The number of likely N-dealkylation sites (tertiary alicyclic amines) is 1. The largest absolute Gasteiger partial charge is 0.466 e. The zero-order valence-electron chi connectivity index (χ0n) is 15.0. The lowest BCUT2D eigenvalue weighted by Crippen LogP contribution is -2.46. The van der Waals surface area contributed by atoms with Gasteiger partial charge < -0.3 is 19.5 Å². The number of aromatic nitrogens is 1. The molecule has 1 aliphatic heterocycles. The van der Waals surface area contributed by atoms with Gasteiger partial charge in [-0.2, -0.15) is 0 Å². The first-order valence-corrected chi connectivity index (χ1v) is 8.62. The molecule has 0 spiro atoms. The fourth-order valence-corrected chi connectivity index (χ4v) is 2.77. The van der Waals surface area contributed by atoms with E-state index in [2.05, 4.69) is 34.2 Å². The molecule has 1 aromatic rings. The summed E-state index contributed by atoms with van der Waals surface area (Å²) in [5.74, 6) is 1.88. The highest BCUT2D eigenvalue weighted by Crippen LogP contribution is 2.19. The van der Waals surface area contributed by atoms with Crippen LogP contribution in [0.25, 0.3) is 0 Å². The molecule has 7 heteroatoms. The third-order valence-corrected chi connectivity index (χ3v) is 4.22. The average molecular weight is 336 g/mol. The number of hydrogen-bond acceptors (Lipinski definition) is 5. The highest BCUT2D eigenvalue weighted by Gasteiger charge is 2.27. The number of carbonyl (C=O) groups is 1. The molecular formula is C17H28N4O3. The normalized spacial score (nSPS) is 16.5. The van der Waals surface area contributed by atoms with Crippen molar-refractivity contribution in [2.75, 3.05) is 26.7 Å². The number of nitrogens with zero attached hydrogens (tertiary/aromatic N) is 3. The zero-order chi connectivity index (χ0) is 17.5. The molecule has 0 aromatic carbocycles. The van der Waals surface area contributed by atoms with Crippen LogP contribution >= 0.6 is 0 Å². The number of rotatable bonds is 5. The van der Waals surface area contributed by atoms with E-state index in [0.717, 1.165) is 43.3 Å². The van der Waals surface area contributed by atoms with Crippen molar-refractivity contribution in [3.05, 3.63) is 17.5 Å². The molecule has 1 saturated heterocycles. The lowest BCUT2D eigenvalue weighted by molar-refractivity contribution is -0.149. The van der Waals surface area contributed by atoms with Gasteiger partial charge in [0.15, 0.2) is 11.7 Å². The van der Waals surface area contributed by atoms with Crippen molar-refractivity contribution in [1.82, 2.24) is 15.4 Å². The van der Waals surface area contributed by atoms with Crippen molar-refractivity contribution < 1.29 is 14.1 Å². The monoisotopic (exact) mass is 336 g/mol. The highest BCUT2D eigenvalue weighted by molar-refractivity contribution is 5.80. The zero-order valence-corrected chi connectivity index (χ0v) is 15.0. The van der Waals surface area contributed by atoms with Gasteiger partial charge in [0.05, 0.1) is 24.8 Å². The molecule has 2 heterocycles. The Kier molecular flexibility index (Phi) is 6.63. The fraction of sp³-hybridized carbons (Fsp3) is 0.706. The van der Waals surface area contributed by atoms with E-state index in [-0.39, 0.29) is 11.9 Å². The van der Waals surface area contributed by atoms with E-state index in [0.29, 0.717) is 19.1 Å². The van der Waals surface area contributed by atoms with Crippen LogP contribution in [0.5, 0.6) is 0 Å². The van der Waals surface area contributed by atoms with E-state index in [9.17, 15) is 4.79 Å². The maximum Gasteiger partial charge on any atom is 0.309 e. The molecule has 1 aliphatic rings. The van der Waals surface area contributed by atoms with Gasteiger partial charge in [0, 0.05) is 26.2 Å². The first-order valence-electron chi connectivity index (χ1n) is 8.62. The Labute approximate surface area is 143 Å². The van der Waals surface area contributed by atoms with E-state index in [1.165, 1.54) is 0 Å². The molecule has 7 nitrogen and oxygen atoms in total. The lowest BCUT2D eigenvalue weighted by atomic mass is 9.97. The number of carbonyl (C=O) groups excluding carboxylic acids is 1. The van der Waals surface area contributed by atoms with Crippen LogP contribution in [-0.4, -0.2) is 48.7 Å². The topological polar surface area (TPSA) is 80.0 Å². The highest BCUT2D eigenvalue weighted by atomic mass is 16.5. The van der Waals surface area contributed by atoms with Gasteiger partial charge in [-0.25, -0.2) is 0 Å². The predicted molar refractivity (Wildman–Crippen MR) is 91.7 cm³/mol. The van der Waals surface area contributed by atoms with Crippen LogP contribution in [0.3, 0.4) is 0 Å². The Bertz CT molecular complexity index is 560. The van der Waals surface area contributed by atoms with Crippen molar-refractivity contribution in [3.63, 3.8) is 0 Å². The molecule has 134 valence electrons. The summed E-state index contributed by atoms with van der Waals surface area (Å²) in [6.07, 6.45) is 1.58. The van der Waals surface area contributed by atoms with E-state index < -0.39 is 0 Å². The second-order valence-corrected chi connectivity index (χ2v) is 6.29. The Morgan fingerprint density at radius 2 is 2.21 bits per heavy atom. The number of ether oxygens (including phenoxy) is 1. The number of nitrogens with one attached hydrogen (secondary N) is 1. The second kappa shape index (κ2) is 8.70. The molecule has 0 radical (unpaired) electrons. The van der Waals surface area contributed by atoms with Crippen LogP contribution in [0.1, 0.15) is 51.0 Å². The van der Waals surface area contributed by atoms with Crippen LogP contribution in [0.4, 0.5) is 0 Å². The summed E-state index contributed by atoms with van der Waals surface area (Å²) in [7, 11) is 1.76. The second-order valence-electron chi connectivity index (χ2n) is 6.29. The molecule has 0 saturated carbocycles. The van der Waals surface area contributed by atoms with Crippen molar-refractivity contribution in [2.24, 2.45) is 10.9 Å². The van der Waals surface area contributed by atoms with Gasteiger partial charge in [-0.15, -0.1) is 0 Å². The third kappa shape index (κ3) is 4.72. The first-order chi connectivity index (χ1) is 11.5. The maximum atomic E-state index is 11.8. The van der Waals surface area contributed by atoms with Gasteiger partial charge in [0.25, 0.3) is 0 Å². The number of piperidine rings is 1. The van der Waals surface area contributed by atoms with Gasteiger partial charge in [-0.1, -0.05) is 19.0 Å². The van der Waals surface area contributed by atoms with Crippen LogP contribution < -0.4 is 5.32 Å². The Morgan fingerprint density at radius 3 is 2.75 bits per heavy atom. The molecule has 0 atom stereocenters. The molecule has 1 N–H and O–H groups in total. The summed E-state index contributed by atoms with van der Waals surface area (Å²) in [6.45, 7) is 8.58. The fourth-order valence-electron chi connectivity index (χ4n) is 2.77. The SMILES string of the molecule is CCOC(=O)C1CCN(C(=NC)NCc2cc(C(C)C)no2)CC1. The Hall–Kier alpha value is -2.05. The summed E-state index contributed by atoms with van der Waals surface area (Å²) < 4.78 is 10.4. The Balaban J connectivity index is 1.83. The van der Waals surface area contributed by atoms with E-state index in [4.69, 9.17) is 9.26 Å². The van der Waals surface area contributed by atoms with Crippen LogP contribution in [0.2, 0.25) is 0 Å². The molecule has 1 fully saturated rings. The third-order valence-electron chi connectivity index (χ3n) is 4.22. The predicted octanol–water partition coefficient (Wildman–Crippen LogP) is 2.15. The molecule has 1 aromatic heterocycles. The quantitative estimate of drug-likeness (QED) is 0.504. The average Bonchev–Trinajstić information content (AvgIpc) is 3.05. The molecule has 0 bridgehead atoms. The summed E-state index contributed by atoms with van der Waals surface area (Å²) >= 11 is 0. The number of hydrogen-bond donors (Lipinski definition) is 1. The summed E-state index contributed by atoms with van der Waals surface area (Å²) in [5.41, 5.74) is 0.956.